The number of nitrogens with two attached hydrogens (primary N) is 1. The Balaban J connectivity index is 2.49. The molecule has 7 nitrogen and oxygen atoms in total. The predicted octanol–water partition coefficient (Wildman–Crippen LogP) is -0.253. The molecule has 0 aliphatic rings. The van der Waals surface area contributed by atoms with Crippen LogP contribution in [0, 0.1) is 0 Å². The summed E-state index contributed by atoms with van der Waals surface area (Å²) in [5, 5.41) is 10.8. The van der Waals surface area contributed by atoms with Crippen LogP contribution in [0.4, 0.5) is 0 Å². The van der Waals surface area contributed by atoms with E-state index in [1.54, 1.807) is 19.2 Å². The van der Waals surface area contributed by atoms with Crippen molar-refractivity contribution in [1.82, 2.24) is 10.6 Å². The summed E-state index contributed by atoms with van der Waals surface area (Å²) in [6, 6.07) is 6.14. The van der Waals surface area contributed by atoms with Gasteiger partial charge in [-0.15, -0.1) is 0 Å². The van der Waals surface area contributed by atoms with E-state index in [9.17, 15) is 13.2 Å². The molecule has 1 unspecified atom stereocenters. The fourth-order valence-corrected chi connectivity index (χ4v) is 2.18. The normalized spacial score (nSPS) is 12.9. The minimum Gasteiger partial charge on any atom is -0.383 e. The molecule has 0 aliphatic heterocycles. The molecule has 1 aromatic carbocycles. The number of sulfonamides is 1. The number of carbonyl (C=O) groups excluding carboxylic acids is 1. The number of hydrogen-bond donors (Lipinski definition) is 3. The van der Waals surface area contributed by atoms with Crippen molar-refractivity contribution in [1.29, 1.82) is 0 Å². The van der Waals surface area contributed by atoms with Crippen molar-refractivity contribution in [3.63, 3.8) is 0 Å². The lowest BCUT2D eigenvalue weighted by atomic mass is 10.1. The number of ether oxygens (including phenoxy) is 1. The molecule has 0 fully saturated rings. The molecule has 0 bridgehead atoms. The van der Waals surface area contributed by atoms with E-state index in [1.165, 1.54) is 12.1 Å². The minimum absolute atomic E-state index is 0.0655. The molecule has 1 rings (SSSR count). The van der Waals surface area contributed by atoms with Gasteiger partial charge in [-0.1, -0.05) is 12.1 Å². The largest absolute Gasteiger partial charge is 0.383 e. The lowest BCUT2D eigenvalue weighted by molar-refractivity contribution is -0.120. The third-order valence-corrected chi connectivity index (χ3v) is 3.84. The fourth-order valence-electron chi connectivity index (χ4n) is 1.66. The zero-order valence-corrected chi connectivity index (χ0v) is 12.9. The van der Waals surface area contributed by atoms with E-state index in [4.69, 9.17) is 9.88 Å². The summed E-state index contributed by atoms with van der Waals surface area (Å²) >= 11 is 0. The zero-order valence-electron chi connectivity index (χ0n) is 12.1. The molecule has 0 saturated carbocycles. The van der Waals surface area contributed by atoms with E-state index >= 15 is 0 Å². The Kier molecular flexibility index (Phi) is 6.76. The third-order valence-electron chi connectivity index (χ3n) is 2.91. The topological polar surface area (TPSA) is 111 Å². The average molecular weight is 315 g/mol. The summed E-state index contributed by atoms with van der Waals surface area (Å²) in [4.78, 5) is 11.6. The summed E-state index contributed by atoms with van der Waals surface area (Å²) in [6.45, 7) is 2.99. The third kappa shape index (κ3) is 6.21. The van der Waals surface area contributed by atoms with Gasteiger partial charge in [0.05, 0.1) is 18.0 Å². The van der Waals surface area contributed by atoms with E-state index in [2.05, 4.69) is 10.6 Å². The van der Waals surface area contributed by atoms with Gasteiger partial charge < -0.3 is 15.4 Å². The van der Waals surface area contributed by atoms with Crippen LogP contribution in [0.5, 0.6) is 0 Å². The van der Waals surface area contributed by atoms with Crippen LogP contribution in [0.15, 0.2) is 29.2 Å². The molecule has 1 amide bonds. The lowest BCUT2D eigenvalue weighted by Gasteiger charge is -2.14. The van der Waals surface area contributed by atoms with Gasteiger partial charge in [-0.3, -0.25) is 4.79 Å². The molecule has 1 aromatic rings. The van der Waals surface area contributed by atoms with Crippen molar-refractivity contribution >= 4 is 15.9 Å². The van der Waals surface area contributed by atoms with Crippen molar-refractivity contribution < 1.29 is 17.9 Å². The van der Waals surface area contributed by atoms with Crippen molar-refractivity contribution in [2.75, 3.05) is 26.8 Å². The summed E-state index contributed by atoms with van der Waals surface area (Å²) in [5.41, 5.74) is 0.868. The summed E-state index contributed by atoms with van der Waals surface area (Å²) in [7, 11) is -2.11. The molecular formula is C13H21N3O4S. The van der Waals surface area contributed by atoms with Gasteiger partial charge in [0.1, 0.15) is 0 Å². The van der Waals surface area contributed by atoms with Gasteiger partial charge in [0.15, 0.2) is 0 Å². The Hall–Kier alpha value is -1.48. The minimum atomic E-state index is -3.68. The molecule has 21 heavy (non-hydrogen) atoms. The molecule has 0 aromatic heterocycles. The Morgan fingerprint density at radius 3 is 2.48 bits per heavy atom. The first-order valence-corrected chi connectivity index (χ1v) is 8.01. The maximum atomic E-state index is 11.5. The van der Waals surface area contributed by atoms with Crippen molar-refractivity contribution in [2.45, 2.75) is 17.9 Å². The Labute approximate surface area is 124 Å². The van der Waals surface area contributed by atoms with Gasteiger partial charge in [0.25, 0.3) is 0 Å². The van der Waals surface area contributed by atoms with E-state index in [0.717, 1.165) is 5.56 Å². The summed E-state index contributed by atoms with van der Waals surface area (Å²) in [6.07, 6.45) is 0. The van der Waals surface area contributed by atoms with E-state index in [-0.39, 0.29) is 23.4 Å². The Morgan fingerprint density at radius 1 is 1.33 bits per heavy atom. The molecule has 0 radical (unpaired) electrons. The molecular weight excluding hydrogens is 294 g/mol. The van der Waals surface area contributed by atoms with Crippen LogP contribution in [-0.4, -0.2) is 41.1 Å². The second kappa shape index (κ2) is 8.08. The number of carbonyl (C=O) groups is 1. The number of hydrogen-bond acceptors (Lipinski definition) is 5. The van der Waals surface area contributed by atoms with Crippen LogP contribution in [0.25, 0.3) is 0 Å². The van der Waals surface area contributed by atoms with E-state index < -0.39 is 10.0 Å². The monoisotopic (exact) mass is 315 g/mol. The maximum absolute atomic E-state index is 11.5. The quantitative estimate of drug-likeness (QED) is 0.573. The van der Waals surface area contributed by atoms with Gasteiger partial charge in [0.2, 0.25) is 15.9 Å². The van der Waals surface area contributed by atoms with Crippen LogP contribution >= 0.6 is 0 Å². The molecule has 0 spiro atoms. The van der Waals surface area contributed by atoms with Gasteiger partial charge >= 0.3 is 0 Å². The molecule has 4 N–H and O–H groups in total. The number of methoxy groups -OCH3 is 1. The highest BCUT2D eigenvalue weighted by atomic mass is 32.2. The van der Waals surface area contributed by atoms with Crippen LogP contribution in [0.1, 0.15) is 18.5 Å². The average Bonchev–Trinajstić information content (AvgIpc) is 2.44. The first kappa shape index (κ1) is 17.6. The molecule has 8 heteroatoms. The first-order chi connectivity index (χ1) is 9.84. The molecule has 0 saturated heterocycles. The van der Waals surface area contributed by atoms with Crippen LogP contribution in [-0.2, 0) is 19.6 Å². The number of amides is 1. The standard InChI is InChI=1S/C13H21N3O4S/c1-10(16-9-13(17)15-7-8-20-2)11-3-5-12(6-4-11)21(14,18)19/h3-6,10,16H,7-9H2,1-2H3,(H,15,17)(H2,14,18,19). The smallest absolute Gasteiger partial charge is 0.238 e. The fraction of sp³-hybridized carbons (Fsp3) is 0.462. The van der Waals surface area contributed by atoms with Gasteiger partial charge in [0, 0.05) is 19.7 Å². The van der Waals surface area contributed by atoms with E-state index in [1.807, 2.05) is 6.92 Å². The number of nitrogens with one attached hydrogen (secondary N) is 2. The SMILES string of the molecule is COCCNC(=O)CNC(C)c1ccc(S(N)(=O)=O)cc1. The van der Waals surface area contributed by atoms with Gasteiger partial charge in [-0.2, -0.15) is 0 Å². The van der Waals surface area contributed by atoms with Crippen LogP contribution in [0.2, 0.25) is 0 Å². The highest BCUT2D eigenvalue weighted by Gasteiger charge is 2.10. The highest BCUT2D eigenvalue weighted by molar-refractivity contribution is 7.89. The summed E-state index contributed by atoms with van der Waals surface area (Å²) < 4.78 is 27.1. The van der Waals surface area contributed by atoms with Crippen molar-refractivity contribution in [3.8, 4) is 0 Å². The van der Waals surface area contributed by atoms with Crippen LogP contribution in [0.3, 0.4) is 0 Å². The maximum Gasteiger partial charge on any atom is 0.238 e. The molecule has 1 atom stereocenters. The molecule has 118 valence electrons. The zero-order chi connectivity index (χ0) is 15.9. The van der Waals surface area contributed by atoms with Gasteiger partial charge in [-0.25, -0.2) is 13.6 Å². The number of benzene rings is 1. The van der Waals surface area contributed by atoms with Crippen molar-refractivity contribution in [2.24, 2.45) is 5.14 Å². The lowest BCUT2D eigenvalue weighted by Crippen LogP contribution is -2.36. The number of primary sulfonamides is 1. The van der Waals surface area contributed by atoms with Gasteiger partial charge in [-0.05, 0) is 24.6 Å². The summed E-state index contributed by atoms with van der Waals surface area (Å²) in [5.74, 6) is -0.125. The molecule has 0 heterocycles. The van der Waals surface area contributed by atoms with E-state index in [0.29, 0.717) is 13.2 Å². The predicted molar refractivity (Wildman–Crippen MR) is 79.1 cm³/mol. The van der Waals surface area contributed by atoms with Crippen molar-refractivity contribution in [3.05, 3.63) is 29.8 Å². The van der Waals surface area contributed by atoms with Crippen LogP contribution < -0.4 is 15.8 Å². The Bertz CT molecular complexity index is 557. The second-order valence-corrected chi connectivity index (χ2v) is 6.12. The highest BCUT2D eigenvalue weighted by Crippen LogP contribution is 2.15. The molecule has 0 aliphatic carbocycles. The number of rotatable bonds is 8. The second-order valence-electron chi connectivity index (χ2n) is 4.56. The Morgan fingerprint density at radius 2 is 1.95 bits per heavy atom. The first-order valence-electron chi connectivity index (χ1n) is 6.46.